The number of aliphatic hydroxyl groups is 1. The summed E-state index contributed by atoms with van der Waals surface area (Å²) in [4.78, 5) is 17.3. The molecule has 1 saturated carbocycles. The number of amides is 1. The van der Waals surface area contributed by atoms with Gasteiger partial charge in [0.2, 0.25) is 0 Å². The van der Waals surface area contributed by atoms with Crippen molar-refractivity contribution in [1.29, 1.82) is 0 Å². The van der Waals surface area contributed by atoms with E-state index >= 15 is 0 Å². The van der Waals surface area contributed by atoms with Crippen LogP contribution < -0.4 is 5.32 Å². The average molecular weight is 235 g/mol. The largest absolute Gasteiger partial charge is 0.393 e. The number of nitrogens with zero attached hydrogens (tertiary/aromatic N) is 2. The topological polar surface area (TPSA) is 65.5 Å². The van der Waals surface area contributed by atoms with E-state index in [1.807, 2.05) is 0 Å². The molecule has 0 spiro atoms. The van der Waals surface area contributed by atoms with Gasteiger partial charge in [-0.3, -0.25) is 4.79 Å². The summed E-state index contributed by atoms with van der Waals surface area (Å²) in [7, 11) is 3.43. The van der Waals surface area contributed by atoms with Crippen LogP contribution in [0.15, 0.2) is 18.3 Å². The summed E-state index contributed by atoms with van der Waals surface area (Å²) in [6.07, 6.45) is 2.92. The van der Waals surface area contributed by atoms with Gasteiger partial charge >= 0.3 is 0 Å². The molecule has 17 heavy (non-hydrogen) atoms. The fourth-order valence-electron chi connectivity index (χ4n) is 1.78. The van der Waals surface area contributed by atoms with Crippen LogP contribution in [0.3, 0.4) is 0 Å². The molecule has 2 N–H and O–H groups in total. The highest BCUT2D eigenvalue weighted by Gasteiger charge is 2.27. The molecule has 0 bridgehead atoms. The van der Waals surface area contributed by atoms with E-state index in [4.69, 9.17) is 5.11 Å². The van der Waals surface area contributed by atoms with Crippen molar-refractivity contribution in [1.82, 2.24) is 9.88 Å². The van der Waals surface area contributed by atoms with E-state index in [0.29, 0.717) is 11.6 Å². The molecule has 0 saturated heterocycles. The van der Waals surface area contributed by atoms with Gasteiger partial charge in [-0.2, -0.15) is 0 Å². The van der Waals surface area contributed by atoms with Gasteiger partial charge in [-0.25, -0.2) is 4.98 Å². The Labute approximate surface area is 100 Å². The first kappa shape index (κ1) is 11.9. The van der Waals surface area contributed by atoms with Crippen LogP contribution in [-0.2, 0) is 0 Å². The zero-order valence-electron chi connectivity index (χ0n) is 10.1. The smallest absolute Gasteiger partial charge is 0.254 e. The molecule has 1 amide bonds. The highest BCUT2D eigenvalue weighted by atomic mass is 16.3. The zero-order chi connectivity index (χ0) is 12.4. The van der Waals surface area contributed by atoms with Gasteiger partial charge in [-0.15, -0.1) is 0 Å². The second kappa shape index (κ2) is 4.71. The Morgan fingerprint density at radius 1 is 1.47 bits per heavy atom. The molecule has 1 aromatic rings. The van der Waals surface area contributed by atoms with Crippen molar-refractivity contribution in [3.8, 4) is 0 Å². The quantitative estimate of drug-likeness (QED) is 0.810. The maximum atomic E-state index is 11.6. The summed E-state index contributed by atoms with van der Waals surface area (Å²) in [5.74, 6) is 0.695. The molecule has 1 aromatic heterocycles. The van der Waals surface area contributed by atoms with E-state index in [9.17, 15) is 4.79 Å². The minimum Gasteiger partial charge on any atom is -0.393 e. The first-order valence-corrected chi connectivity index (χ1v) is 5.68. The Morgan fingerprint density at radius 2 is 2.18 bits per heavy atom. The van der Waals surface area contributed by atoms with Gasteiger partial charge in [0.15, 0.2) is 0 Å². The molecule has 1 fully saturated rings. The number of anilines is 1. The average Bonchev–Trinajstić information content (AvgIpc) is 2.27. The number of hydrogen-bond donors (Lipinski definition) is 2. The van der Waals surface area contributed by atoms with Crippen molar-refractivity contribution in [2.24, 2.45) is 0 Å². The third kappa shape index (κ3) is 2.74. The number of carbonyl (C=O) groups excluding carboxylic acids is 1. The number of pyridine rings is 1. The number of hydrogen-bond acceptors (Lipinski definition) is 4. The van der Waals surface area contributed by atoms with Crippen molar-refractivity contribution >= 4 is 11.7 Å². The summed E-state index contributed by atoms with van der Waals surface area (Å²) in [6.45, 7) is 0. The summed E-state index contributed by atoms with van der Waals surface area (Å²) < 4.78 is 0. The molecule has 1 aliphatic carbocycles. The van der Waals surface area contributed by atoms with Gasteiger partial charge in [0.25, 0.3) is 5.91 Å². The van der Waals surface area contributed by atoms with E-state index in [-0.39, 0.29) is 12.0 Å². The predicted octanol–water partition coefficient (Wildman–Crippen LogP) is 0.719. The van der Waals surface area contributed by atoms with Crippen LogP contribution >= 0.6 is 0 Å². The standard InChI is InChI=1S/C12H17N3O2/c1-15(2)12(17)8-3-4-11(13-7-8)14-9-5-10(16)6-9/h3-4,7,9-10,16H,5-6H2,1-2H3,(H,13,14). The maximum absolute atomic E-state index is 11.6. The van der Waals surface area contributed by atoms with Crippen LogP contribution in [0.25, 0.3) is 0 Å². The second-order valence-electron chi connectivity index (χ2n) is 4.60. The highest BCUT2D eigenvalue weighted by Crippen LogP contribution is 2.23. The predicted molar refractivity (Wildman–Crippen MR) is 64.9 cm³/mol. The molecular weight excluding hydrogens is 218 g/mol. The van der Waals surface area contributed by atoms with E-state index in [1.165, 1.54) is 4.90 Å². The fourth-order valence-corrected chi connectivity index (χ4v) is 1.78. The third-order valence-electron chi connectivity index (χ3n) is 2.88. The van der Waals surface area contributed by atoms with Gasteiger partial charge in [0.05, 0.1) is 11.7 Å². The molecule has 1 heterocycles. The van der Waals surface area contributed by atoms with Gasteiger partial charge in [-0.05, 0) is 25.0 Å². The lowest BCUT2D eigenvalue weighted by Crippen LogP contribution is -2.39. The first-order valence-electron chi connectivity index (χ1n) is 5.68. The summed E-state index contributed by atoms with van der Waals surface area (Å²) in [5.41, 5.74) is 0.578. The lowest BCUT2D eigenvalue weighted by molar-refractivity contribution is 0.0826. The van der Waals surface area contributed by atoms with Gasteiger partial charge in [0, 0.05) is 26.3 Å². The Kier molecular flexibility index (Phi) is 3.28. The van der Waals surface area contributed by atoms with Crippen LogP contribution in [0.4, 0.5) is 5.82 Å². The molecule has 0 atom stereocenters. The molecule has 5 nitrogen and oxygen atoms in total. The van der Waals surface area contributed by atoms with Gasteiger partial charge in [-0.1, -0.05) is 0 Å². The van der Waals surface area contributed by atoms with Crippen LogP contribution in [0.5, 0.6) is 0 Å². The Hall–Kier alpha value is -1.62. The SMILES string of the molecule is CN(C)C(=O)c1ccc(NC2CC(O)C2)nc1. The molecule has 0 aromatic carbocycles. The number of aliphatic hydroxyl groups excluding tert-OH is 1. The number of carbonyl (C=O) groups is 1. The first-order chi connectivity index (χ1) is 8.06. The number of nitrogens with one attached hydrogen (secondary N) is 1. The normalized spacial score (nSPS) is 22.8. The van der Waals surface area contributed by atoms with Gasteiger partial charge in [0.1, 0.15) is 5.82 Å². The summed E-state index contributed by atoms with van der Waals surface area (Å²) in [6, 6.07) is 3.85. The van der Waals surface area contributed by atoms with Crippen molar-refractivity contribution in [2.45, 2.75) is 25.0 Å². The Morgan fingerprint density at radius 3 is 2.65 bits per heavy atom. The molecule has 0 unspecified atom stereocenters. The van der Waals surface area contributed by atoms with Crippen molar-refractivity contribution < 1.29 is 9.90 Å². The van der Waals surface area contributed by atoms with Crippen LogP contribution in [0.1, 0.15) is 23.2 Å². The van der Waals surface area contributed by atoms with E-state index in [0.717, 1.165) is 18.7 Å². The van der Waals surface area contributed by atoms with Crippen molar-refractivity contribution in [3.63, 3.8) is 0 Å². The molecule has 1 aliphatic rings. The van der Waals surface area contributed by atoms with Crippen LogP contribution in [0, 0.1) is 0 Å². The van der Waals surface area contributed by atoms with Crippen molar-refractivity contribution in [3.05, 3.63) is 23.9 Å². The number of rotatable bonds is 3. The fraction of sp³-hybridized carbons (Fsp3) is 0.500. The van der Waals surface area contributed by atoms with Crippen LogP contribution in [-0.4, -0.2) is 47.1 Å². The van der Waals surface area contributed by atoms with E-state index in [1.54, 1.807) is 32.4 Å². The summed E-state index contributed by atoms with van der Waals surface area (Å²) >= 11 is 0. The molecule has 92 valence electrons. The minimum atomic E-state index is -0.179. The number of aromatic nitrogens is 1. The monoisotopic (exact) mass is 235 g/mol. The summed E-state index contributed by atoms with van der Waals surface area (Å²) in [5, 5.41) is 12.4. The molecule has 2 rings (SSSR count). The second-order valence-corrected chi connectivity index (χ2v) is 4.60. The molecule has 0 radical (unpaired) electrons. The lowest BCUT2D eigenvalue weighted by Gasteiger charge is -2.32. The Balaban J connectivity index is 1.96. The lowest BCUT2D eigenvalue weighted by atomic mass is 9.89. The third-order valence-corrected chi connectivity index (χ3v) is 2.88. The van der Waals surface area contributed by atoms with Gasteiger partial charge < -0.3 is 15.3 Å². The zero-order valence-corrected chi connectivity index (χ0v) is 10.1. The molecular formula is C12H17N3O2. The van der Waals surface area contributed by atoms with E-state index < -0.39 is 0 Å². The maximum Gasteiger partial charge on any atom is 0.254 e. The molecule has 0 aliphatic heterocycles. The Bertz CT molecular complexity index is 397. The molecule has 5 heteroatoms. The highest BCUT2D eigenvalue weighted by molar-refractivity contribution is 5.93. The van der Waals surface area contributed by atoms with Crippen molar-refractivity contribution in [2.75, 3.05) is 19.4 Å². The minimum absolute atomic E-state index is 0.0527. The van der Waals surface area contributed by atoms with E-state index in [2.05, 4.69) is 10.3 Å². The van der Waals surface area contributed by atoms with Crippen LogP contribution in [0.2, 0.25) is 0 Å².